The van der Waals surface area contributed by atoms with Crippen LogP contribution in [0.5, 0.6) is 0 Å². The number of halogens is 1. The quantitative estimate of drug-likeness (QED) is 0.777. The van der Waals surface area contributed by atoms with Crippen LogP contribution in [0.25, 0.3) is 0 Å². The summed E-state index contributed by atoms with van der Waals surface area (Å²) in [5.74, 6) is -0.931. The van der Waals surface area contributed by atoms with Crippen LogP contribution in [-0.4, -0.2) is 54.3 Å². The molecule has 0 radical (unpaired) electrons. The van der Waals surface area contributed by atoms with E-state index >= 15 is 0 Å². The van der Waals surface area contributed by atoms with Gasteiger partial charge in [0.05, 0.1) is 17.9 Å². The monoisotopic (exact) mass is 369 g/mol. The highest BCUT2D eigenvalue weighted by Crippen LogP contribution is 2.31. The Kier molecular flexibility index (Phi) is 4.76. The number of hydrogen-bond donors (Lipinski definition) is 0. The van der Waals surface area contributed by atoms with E-state index in [1.165, 1.54) is 5.56 Å². The van der Waals surface area contributed by atoms with E-state index in [1.807, 2.05) is 6.07 Å². The molecule has 2 aliphatic rings. The van der Waals surface area contributed by atoms with Gasteiger partial charge in [0.15, 0.2) is 0 Å². The Hall–Kier alpha value is -2.21. The van der Waals surface area contributed by atoms with E-state index in [4.69, 9.17) is 11.6 Å². The molecule has 0 unspecified atom stereocenters. The molecule has 134 valence electrons. The number of carbonyl (C=O) groups excluding carboxylic acids is 2. The van der Waals surface area contributed by atoms with Crippen molar-refractivity contribution in [3.63, 3.8) is 0 Å². The first-order valence-corrected chi connectivity index (χ1v) is 9.14. The maximum absolute atomic E-state index is 12.3. The van der Waals surface area contributed by atoms with Gasteiger partial charge in [0, 0.05) is 37.7 Å². The summed E-state index contributed by atoms with van der Waals surface area (Å²) in [4.78, 5) is 30.7. The third-order valence-electron chi connectivity index (χ3n) is 4.99. The average molecular weight is 370 g/mol. The fraction of sp³-hybridized carbons (Fsp3) is 0.300. The van der Waals surface area contributed by atoms with Gasteiger partial charge in [-0.1, -0.05) is 41.9 Å². The predicted molar refractivity (Wildman–Crippen MR) is 101 cm³/mol. The van der Waals surface area contributed by atoms with Crippen LogP contribution in [0.3, 0.4) is 0 Å². The molecule has 0 spiro atoms. The van der Waals surface area contributed by atoms with Crippen LogP contribution in [-0.2, 0) is 11.3 Å². The van der Waals surface area contributed by atoms with E-state index in [2.05, 4.69) is 34.1 Å². The Morgan fingerprint density at radius 1 is 0.885 bits per heavy atom. The lowest BCUT2D eigenvalue weighted by atomic mass is 10.1. The lowest BCUT2D eigenvalue weighted by molar-refractivity contribution is -0.114. The molecule has 1 amide bonds. The van der Waals surface area contributed by atoms with E-state index in [0.717, 1.165) is 32.7 Å². The molecule has 0 N–H and O–H groups in total. The topological polar surface area (TPSA) is 43.9 Å². The van der Waals surface area contributed by atoms with Crippen LogP contribution in [0.1, 0.15) is 15.9 Å². The van der Waals surface area contributed by atoms with Gasteiger partial charge in [-0.2, -0.15) is 0 Å². The Bertz CT molecular complexity index is 832. The first-order valence-electron chi connectivity index (χ1n) is 8.76. The molecule has 0 saturated carbocycles. The number of rotatable bonds is 4. The fourth-order valence-electron chi connectivity index (χ4n) is 3.54. The highest BCUT2D eigenvalue weighted by molar-refractivity contribution is 6.52. The minimum atomic E-state index is -0.467. The zero-order valence-electron chi connectivity index (χ0n) is 14.4. The zero-order valence-corrected chi connectivity index (χ0v) is 15.2. The number of hydrogen-bond acceptors (Lipinski definition) is 4. The molecule has 2 aliphatic heterocycles. The molecular weight excluding hydrogens is 350 g/mol. The van der Waals surface area contributed by atoms with Crippen molar-refractivity contribution in [2.45, 2.75) is 6.54 Å². The van der Waals surface area contributed by atoms with E-state index in [-0.39, 0.29) is 0 Å². The van der Waals surface area contributed by atoms with E-state index < -0.39 is 11.7 Å². The van der Waals surface area contributed by atoms with Crippen molar-refractivity contribution >= 4 is 29.0 Å². The Morgan fingerprint density at radius 3 is 2.31 bits per heavy atom. The number of Topliss-reactive ketones (excluding diaryl/α,β-unsaturated/α-hetero) is 1. The Morgan fingerprint density at radius 2 is 1.58 bits per heavy atom. The van der Waals surface area contributed by atoms with Crippen molar-refractivity contribution < 1.29 is 9.59 Å². The van der Waals surface area contributed by atoms with Gasteiger partial charge in [-0.25, -0.2) is 0 Å². The normalized spacial score (nSPS) is 18.4. The molecule has 1 fully saturated rings. The average Bonchev–Trinajstić information content (AvgIpc) is 2.89. The van der Waals surface area contributed by atoms with Gasteiger partial charge < -0.3 is 0 Å². The molecule has 5 nitrogen and oxygen atoms in total. The molecule has 26 heavy (non-hydrogen) atoms. The van der Waals surface area contributed by atoms with Crippen LogP contribution in [0.15, 0.2) is 48.5 Å². The lowest BCUT2D eigenvalue weighted by Crippen LogP contribution is -2.50. The van der Waals surface area contributed by atoms with Gasteiger partial charge in [0.2, 0.25) is 0 Å². The minimum Gasteiger partial charge on any atom is -0.297 e. The zero-order chi connectivity index (χ0) is 18.1. The van der Waals surface area contributed by atoms with Crippen LogP contribution in [0, 0.1) is 0 Å². The van der Waals surface area contributed by atoms with Gasteiger partial charge in [-0.3, -0.25) is 24.3 Å². The van der Waals surface area contributed by atoms with Crippen LogP contribution in [0.2, 0.25) is 5.02 Å². The molecule has 6 heteroatoms. The van der Waals surface area contributed by atoms with E-state index in [1.54, 1.807) is 23.1 Å². The molecule has 2 aromatic carbocycles. The molecule has 0 aliphatic carbocycles. The summed E-state index contributed by atoms with van der Waals surface area (Å²) in [6.45, 7) is 5.01. The van der Waals surface area contributed by atoms with Crippen molar-refractivity contribution in [2.24, 2.45) is 0 Å². The smallest absolute Gasteiger partial charge is 0.297 e. The van der Waals surface area contributed by atoms with Crippen LogP contribution in [0.4, 0.5) is 5.69 Å². The van der Waals surface area contributed by atoms with Gasteiger partial charge in [-0.15, -0.1) is 0 Å². The fourth-order valence-corrected chi connectivity index (χ4v) is 3.72. The molecule has 4 rings (SSSR count). The van der Waals surface area contributed by atoms with Crippen molar-refractivity contribution in [3.8, 4) is 0 Å². The lowest BCUT2D eigenvalue weighted by Gasteiger charge is -2.36. The van der Waals surface area contributed by atoms with Crippen LogP contribution < -0.4 is 4.90 Å². The number of fused-ring (bicyclic) bond motifs is 1. The van der Waals surface area contributed by atoms with Crippen molar-refractivity contribution in [1.29, 1.82) is 0 Å². The molecule has 2 aromatic rings. The summed E-state index contributed by atoms with van der Waals surface area (Å²) < 4.78 is 0. The standard InChI is InChI=1S/C20H20ClN3O2/c21-16-6-7-18-17(12-16)19(25)20(26)24(18)14-23-10-8-22(9-11-23)13-15-4-2-1-3-5-15/h1-7,12H,8-11,13-14H2. The maximum Gasteiger partial charge on any atom is 0.300 e. The number of nitrogens with zero attached hydrogens (tertiary/aromatic N) is 3. The molecular formula is C20H20ClN3O2. The second-order valence-corrected chi connectivity index (χ2v) is 7.18. The Labute approximate surface area is 157 Å². The number of piperazine rings is 1. The molecule has 2 heterocycles. The predicted octanol–water partition coefficient (Wildman–Crippen LogP) is 2.64. The summed E-state index contributed by atoms with van der Waals surface area (Å²) in [5, 5.41) is 0.473. The van der Waals surface area contributed by atoms with Gasteiger partial charge in [0.25, 0.3) is 5.78 Å². The maximum atomic E-state index is 12.3. The van der Waals surface area contributed by atoms with Crippen molar-refractivity contribution in [3.05, 3.63) is 64.7 Å². The minimum absolute atomic E-state index is 0.408. The van der Waals surface area contributed by atoms with Crippen molar-refractivity contribution in [1.82, 2.24) is 9.80 Å². The summed E-state index contributed by atoms with van der Waals surface area (Å²) in [5.41, 5.74) is 2.38. The van der Waals surface area contributed by atoms with Crippen molar-refractivity contribution in [2.75, 3.05) is 37.7 Å². The molecule has 0 aromatic heterocycles. The van der Waals surface area contributed by atoms with E-state index in [9.17, 15) is 9.59 Å². The van der Waals surface area contributed by atoms with Gasteiger partial charge >= 0.3 is 5.91 Å². The summed E-state index contributed by atoms with van der Waals surface area (Å²) in [6.07, 6.45) is 0. The molecule has 1 saturated heterocycles. The van der Waals surface area contributed by atoms with Crippen LogP contribution >= 0.6 is 11.6 Å². The Balaban J connectivity index is 1.38. The highest BCUT2D eigenvalue weighted by Gasteiger charge is 2.37. The molecule has 0 bridgehead atoms. The van der Waals surface area contributed by atoms with Gasteiger partial charge in [-0.05, 0) is 23.8 Å². The SMILES string of the molecule is O=C1C(=O)N(CN2CCN(Cc3ccccc3)CC2)c2ccc(Cl)cc21. The number of amides is 1. The number of anilines is 1. The second kappa shape index (κ2) is 7.19. The number of ketones is 1. The third-order valence-corrected chi connectivity index (χ3v) is 5.22. The third kappa shape index (κ3) is 3.38. The first kappa shape index (κ1) is 17.2. The van der Waals surface area contributed by atoms with Gasteiger partial charge in [0.1, 0.15) is 0 Å². The summed E-state index contributed by atoms with van der Waals surface area (Å²) in [7, 11) is 0. The molecule has 0 atom stereocenters. The van der Waals surface area contributed by atoms with E-state index in [0.29, 0.717) is 22.9 Å². The summed E-state index contributed by atoms with van der Waals surface area (Å²) in [6, 6.07) is 15.5. The second-order valence-electron chi connectivity index (χ2n) is 6.74. The summed E-state index contributed by atoms with van der Waals surface area (Å²) >= 11 is 5.96. The highest BCUT2D eigenvalue weighted by atomic mass is 35.5. The largest absolute Gasteiger partial charge is 0.300 e. The number of benzene rings is 2. The number of carbonyl (C=O) groups is 2. The first-order chi connectivity index (χ1) is 12.6.